The van der Waals surface area contributed by atoms with Crippen molar-refractivity contribution in [2.75, 3.05) is 0 Å². The number of ether oxygens (including phenoxy) is 2. The van der Waals surface area contributed by atoms with Crippen LogP contribution in [0, 0.1) is 59.5 Å². The smallest absolute Gasteiger partial charge is 0.542 e. The van der Waals surface area contributed by atoms with Crippen LogP contribution < -0.4 is 9.47 Å². The van der Waals surface area contributed by atoms with E-state index in [2.05, 4.69) is 97.1 Å². The van der Waals surface area contributed by atoms with Crippen LogP contribution in [-0.2, 0) is 21.1 Å². The maximum atomic E-state index is 7.11. The molecule has 6 saturated carbocycles. The first-order chi connectivity index (χ1) is 25.7. The molecule has 0 aromatic heterocycles. The van der Waals surface area contributed by atoms with Crippen molar-refractivity contribution in [1.82, 2.24) is 0 Å². The zero-order chi connectivity index (χ0) is 34.3. The summed E-state index contributed by atoms with van der Waals surface area (Å²) in [6.07, 6.45) is 34.5. The van der Waals surface area contributed by atoms with E-state index in [9.17, 15) is 0 Å². The van der Waals surface area contributed by atoms with E-state index in [4.69, 9.17) is 9.47 Å². The Kier molecular flexibility index (Phi) is 8.97. The standard InChI is InChI=1S/2C25H27O.W/c1-2-8-19-17(7-1)13-14-18-15-16-25(26-24(18)19)22-11-5-3-9-20(22)21-10-4-6-12-23(21)25;1-2-8-18-17(7-1)13-14-24-21(18)15-16-25(26-24)22-11-5-3-9-19(22)20-10-4-6-12-23(20)25;/h1-2,7-8,13-14,16,20-23H,3-6,9-12H2;1-2,7-8,13-14,16,19-20,22-23H,3-6,9-12H2;/q2*-1;+2. The second kappa shape index (κ2) is 13.7. The van der Waals surface area contributed by atoms with Crippen molar-refractivity contribution in [3.05, 3.63) is 108 Å². The minimum atomic E-state index is -0.0900. The molecule has 4 aromatic rings. The van der Waals surface area contributed by atoms with Gasteiger partial charge < -0.3 is 9.47 Å². The fourth-order valence-electron chi connectivity index (χ4n) is 14.0. The number of fused-ring (bicyclic) bond motifs is 16. The Balaban J connectivity index is 0.000000129. The Hall–Kier alpha value is -2.83. The molecule has 8 aliphatic rings. The van der Waals surface area contributed by atoms with Gasteiger partial charge in [-0.15, -0.1) is 35.2 Å². The summed E-state index contributed by atoms with van der Waals surface area (Å²) in [5, 5.41) is 5.10. The molecule has 2 spiro atoms. The van der Waals surface area contributed by atoms with Crippen LogP contribution in [0.5, 0.6) is 11.5 Å². The molecule has 2 aliphatic heterocycles. The zero-order valence-corrected chi connectivity index (χ0v) is 34.2. The third-order valence-corrected chi connectivity index (χ3v) is 15.9. The second-order valence-electron chi connectivity index (χ2n) is 18.0. The average molecular weight is 871 g/mol. The first-order valence-corrected chi connectivity index (χ1v) is 21.4. The van der Waals surface area contributed by atoms with E-state index in [1.165, 1.54) is 130 Å². The van der Waals surface area contributed by atoms with Crippen LogP contribution in [0.3, 0.4) is 0 Å². The molecule has 6 aliphatic carbocycles. The summed E-state index contributed by atoms with van der Waals surface area (Å²) < 4.78 is 14.1. The van der Waals surface area contributed by atoms with E-state index in [-0.39, 0.29) is 32.3 Å². The third-order valence-electron chi connectivity index (χ3n) is 15.9. The van der Waals surface area contributed by atoms with E-state index in [1.54, 1.807) is 0 Å². The molecule has 8 unspecified atom stereocenters. The van der Waals surface area contributed by atoms with Crippen molar-refractivity contribution in [2.24, 2.45) is 47.3 Å². The van der Waals surface area contributed by atoms with Crippen molar-refractivity contribution in [1.29, 1.82) is 0 Å². The van der Waals surface area contributed by atoms with Gasteiger partial charge in [0, 0.05) is 35.2 Å². The fraction of sp³-hybridized carbons (Fsp3) is 0.520. The minimum absolute atomic E-state index is 0. The van der Waals surface area contributed by atoms with Gasteiger partial charge >= 0.3 is 21.1 Å². The molecule has 272 valence electrons. The van der Waals surface area contributed by atoms with Crippen LogP contribution in [0.25, 0.3) is 21.5 Å². The van der Waals surface area contributed by atoms with E-state index in [0.29, 0.717) is 23.7 Å². The van der Waals surface area contributed by atoms with E-state index >= 15 is 0 Å². The summed E-state index contributed by atoms with van der Waals surface area (Å²) in [6, 6.07) is 26.1. The van der Waals surface area contributed by atoms with Gasteiger partial charge in [-0.05, 0) is 85.8 Å². The molecule has 0 N–H and O–H groups in total. The monoisotopic (exact) mass is 870 g/mol. The summed E-state index contributed by atoms with van der Waals surface area (Å²) in [7, 11) is 0. The van der Waals surface area contributed by atoms with Gasteiger partial charge in [-0.2, -0.15) is 23.8 Å². The Morgan fingerprint density at radius 3 is 1.49 bits per heavy atom. The molecule has 8 atom stereocenters. The molecule has 0 bridgehead atoms. The summed E-state index contributed by atoms with van der Waals surface area (Å²) in [5.74, 6) is 8.50. The maximum absolute atomic E-state index is 7.11. The number of rotatable bonds is 0. The molecule has 0 amide bonds. The van der Waals surface area contributed by atoms with Crippen molar-refractivity contribution in [2.45, 2.75) is 114 Å². The van der Waals surface area contributed by atoms with Crippen LogP contribution in [-0.4, -0.2) is 11.2 Å². The van der Waals surface area contributed by atoms with Crippen LogP contribution in [0.4, 0.5) is 0 Å². The third kappa shape index (κ3) is 5.34. The summed E-state index contributed by atoms with van der Waals surface area (Å²) in [5.41, 5.74) is 2.14. The molecule has 0 saturated heterocycles. The molecule has 0 radical (unpaired) electrons. The molecule has 2 heterocycles. The molecule has 53 heavy (non-hydrogen) atoms. The van der Waals surface area contributed by atoms with Crippen LogP contribution in [0.15, 0.2) is 84.9 Å². The average Bonchev–Trinajstić information content (AvgIpc) is 3.64. The van der Waals surface area contributed by atoms with Crippen LogP contribution in [0.2, 0.25) is 0 Å². The zero-order valence-electron chi connectivity index (χ0n) is 31.2. The van der Waals surface area contributed by atoms with E-state index < -0.39 is 0 Å². The number of hydrogen-bond acceptors (Lipinski definition) is 2. The predicted molar refractivity (Wildman–Crippen MR) is 210 cm³/mol. The summed E-state index contributed by atoms with van der Waals surface area (Å²) in [4.78, 5) is 0. The fourth-order valence-corrected chi connectivity index (χ4v) is 14.0. The van der Waals surface area contributed by atoms with Gasteiger partial charge in [0.2, 0.25) is 0 Å². The number of benzene rings is 4. The van der Waals surface area contributed by atoms with E-state index in [1.807, 2.05) is 0 Å². The first-order valence-electron chi connectivity index (χ1n) is 21.4. The first kappa shape index (κ1) is 34.6. The van der Waals surface area contributed by atoms with Crippen molar-refractivity contribution >= 4 is 21.5 Å². The molecule has 3 heteroatoms. The van der Waals surface area contributed by atoms with Gasteiger partial charge in [0.15, 0.2) is 0 Å². The Morgan fingerprint density at radius 2 is 0.906 bits per heavy atom. The Bertz CT molecular complexity index is 2020. The Labute approximate surface area is 331 Å². The van der Waals surface area contributed by atoms with Gasteiger partial charge in [-0.3, -0.25) is 0 Å². The maximum Gasteiger partial charge on any atom is 2.00 e. The van der Waals surface area contributed by atoms with Gasteiger partial charge in [0.25, 0.3) is 0 Å². The van der Waals surface area contributed by atoms with Crippen LogP contribution in [0.1, 0.15) is 114 Å². The normalized spacial score (nSPS) is 37.1. The molecule has 4 aromatic carbocycles. The Morgan fingerprint density at radius 1 is 0.453 bits per heavy atom. The summed E-state index contributed by atoms with van der Waals surface area (Å²) in [6.45, 7) is 0. The van der Waals surface area contributed by atoms with Crippen molar-refractivity contribution in [3.63, 3.8) is 0 Å². The molecule has 2 nitrogen and oxygen atoms in total. The van der Waals surface area contributed by atoms with Gasteiger partial charge in [-0.25, -0.2) is 0 Å². The molecule has 12 rings (SSSR count). The summed E-state index contributed by atoms with van der Waals surface area (Å²) >= 11 is 0. The predicted octanol–water partition coefficient (Wildman–Crippen LogP) is 12.6. The number of hydrogen-bond donors (Lipinski definition) is 0. The molecular formula is C50H54O2W. The van der Waals surface area contributed by atoms with Gasteiger partial charge in [0.05, 0.1) is 0 Å². The van der Waals surface area contributed by atoms with E-state index in [0.717, 1.165) is 40.7 Å². The quantitative estimate of drug-likeness (QED) is 0.164. The van der Waals surface area contributed by atoms with Crippen molar-refractivity contribution < 1.29 is 30.5 Å². The SMILES string of the molecule is [C-]1=CC2(Oc3c1ccc1ccccc31)C1CCCCC1C1CCCCC12.[C-]1=CC2(Oc3ccc4ccccc4c31)C1CCCCC1C1CCCCC12.[W+2]. The molecule has 6 fully saturated rings. The molecular weight excluding hydrogens is 816 g/mol. The van der Waals surface area contributed by atoms with Crippen LogP contribution >= 0.6 is 0 Å². The second-order valence-corrected chi connectivity index (χ2v) is 18.0. The van der Waals surface area contributed by atoms with Gasteiger partial charge in [-0.1, -0.05) is 111 Å². The van der Waals surface area contributed by atoms with Crippen molar-refractivity contribution in [3.8, 4) is 11.5 Å². The topological polar surface area (TPSA) is 18.5 Å². The van der Waals surface area contributed by atoms with Gasteiger partial charge in [0.1, 0.15) is 11.2 Å². The largest absolute Gasteiger partial charge is 2.00 e. The minimum Gasteiger partial charge on any atom is -0.542 e.